The molecular formula is C20H22N2O4. The third kappa shape index (κ3) is 3.31. The van der Waals surface area contributed by atoms with Gasteiger partial charge >= 0.3 is 6.09 Å². The fourth-order valence-corrected chi connectivity index (χ4v) is 3.75. The van der Waals surface area contributed by atoms with E-state index < -0.39 is 0 Å². The largest absolute Gasteiger partial charge is 0.467 e. The zero-order valence-corrected chi connectivity index (χ0v) is 14.6. The first kappa shape index (κ1) is 16.7. The summed E-state index contributed by atoms with van der Waals surface area (Å²) in [4.78, 5) is 28.5. The second-order valence-corrected chi connectivity index (χ2v) is 6.77. The minimum absolute atomic E-state index is 0.0253. The normalized spacial score (nSPS) is 17.5. The zero-order valence-electron chi connectivity index (χ0n) is 14.6. The van der Waals surface area contributed by atoms with E-state index in [2.05, 4.69) is 0 Å². The van der Waals surface area contributed by atoms with Crippen LogP contribution in [0.25, 0.3) is 0 Å². The molecule has 2 fully saturated rings. The van der Waals surface area contributed by atoms with E-state index in [0.717, 1.165) is 31.4 Å². The fourth-order valence-electron chi connectivity index (χ4n) is 3.75. The van der Waals surface area contributed by atoms with Gasteiger partial charge in [0.15, 0.2) is 0 Å². The summed E-state index contributed by atoms with van der Waals surface area (Å²) in [6.45, 7) is 1.35. The summed E-state index contributed by atoms with van der Waals surface area (Å²) in [5.41, 5.74) is 1.28. The summed E-state index contributed by atoms with van der Waals surface area (Å²) < 4.78 is 10.5. The van der Waals surface area contributed by atoms with Gasteiger partial charge in [0.05, 0.1) is 19.4 Å². The van der Waals surface area contributed by atoms with E-state index in [-0.39, 0.29) is 18.0 Å². The molecule has 1 saturated heterocycles. The molecule has 1 aliphatic carbocycles. The topological polar surface area (TPSA) is 63.0 Å². The van der Waals surface area contributed by atoms with Crippen LogP contribution in [0, 0.1) is 0 Å². The molecule has 26 heavy (non-hydrogen) atoms. The van der Waals surface area contributed by atoms with Gasteiger partial charge in [0.2, 0.25) is 0 Å². The summed E-state index contributed by atoms with van der Waals surface area (Å²) in [5, 5.41) is 0. The highest BCUT2D eigenvalue weighted by Crippen LogP contribution is 2.28. The van der Waals surface area contributed by atoms with Gasteiger partial charge in [-0.2, -0.15) is 0 Å². The number of rotatable bonds is 5. The molecule has 6 heteroatoms. The smallest absolute Gasteiger partial charge is 0.414 e. The molecule has 0 atom stereocenters. The van der Waals surface area contributed by atoms with E-state index in [1.807, 2.05) is 29.2 Å². The van der Waals surface area contributed by atoms with Crippen molar-refractivity contribution >= 4 is 17.7 Å². The van der Waals surface area contributed by atoms with Crippen molar-refractivity contribution in [3.63, 3.8) is 0 Å². The number of benzene rings is 1. The van der Waals surface area contributed by atoms with Crippen LogP contribution in [0.1, 0.15) is 41.8 Å². The Morgan fingerprint density at radius 2 is 2.04 bits per heavy atom. The van der Waals surface area contributed by atoms with Crippen LogP contribution in [0.15, 0.2) is 47.1 Å². The van der Waals surface area contributed by atoms with Crippen LogP contribution >= 0.6 is 0 Å². The van der Waals surface area contributed by atoms with Crippen molar-refractivity contribution in [2.75, 3.05) is 18.1 Å². The molecule has 1 saturated carbocycles. The lowest BCUT2D eigenvalue weighted by molar-refractivity contribution is 0.0649. The Morgan fingerprint density at radius 3 is 2.73 bits per heavy atom. The monoisotopic (exact) mass is 354 g/mol. The van der Waals surface area contributed by atoms with E-state index in [1.165, 1.54) is 0 Å². The van der Waals surface area contributed by atoms with Gasteiger partial charge in [-0.1, -0.05) is 18.9 Å². The van der Waals surface area contributed by atoms with E-state index >= 15 is 0 Å². The molecule has 0 unspecified atom stereocenters. The summed E-state index contributed by atoms with van der Waals surface area (Å²) in [6, 6.07) is 11.2. The molecule has 1 aliphatic heterocycles. The lowest BCUT2D eigenvalue weighted by Gasteiger charge is -2.28. The Kier molecular flexibility index (Phi) is 4.65. The molecule has 0 bridgehead atoms. The number of cyclic esters (lactones) is 1. The van der Waals surface area contributed by atoms with Crippen LogP contribution in [0.2, 0.25) is 0 Å². The Hall–Kier alpha value is -2.76. The van der Waals surface area contributed by atoms with E-state index in [1.54, 1.807) is 23.3 Å². The SMILES string of the molecule is O=C1OCCN1c1cccc(C(=O)N(Cc2ccco2)C2CCCC2)c1. The van der Waals surface area contributed by atoms with Crippen molar-refractivity contribution in [3.8, 4) is 0 Å². The van der Waals surface area contributed by atoms with Crippen LogP contribution in [0.5, 0.6) is 0 Å². The number of carbonyl (C=O) groups excluding carboxylic acids is 2. The van der Waals surface area contributed by atoms with Gasteiger partial charge in [0, 0.05) is 17.3 Å². The summed E-state index contributed by atoms with van der Waals surface area (Å²) in [6.07, 6.45) is 5.60. The minimum Gasteiger partial charge on any atom is -0.467 e. The molecule has 4 rings (SSSR count). The Morgan fingerprint density at radius 1 is 1.19 bits per heavy atom. The van der Waals surface area contributed by atoms with Gasteiger partial charge in [-0.3, -0.25) is 9.69 Å². The molecule has 1 aromatic heterocycles. The summed E-state index contributed by atoms with van der Waals surface area (Å²) in [5.74, 6) is 0.757. The number of anilines is 1. The van der Waals surface area contributed by atoms with Gasteiger partial charge in [0.25, 0.3) is 5.91 Å². The maximum Gasteiger partial charge on any atom is 0.414 e. The van der Waals surface area contributed by atoms with E-state index in [9.17, 15) is 9.59 Å². The van der Waals surface area contributed by atoms with Crippen LogP contribution in [0.4, 0.5) is 10.5 Å². The van der Waals surface area contributed by atoms with Crippen molar-refractivity contribution in [3.05, 3.63) is 54.0 Å². The van der Waals surface area contributed by atoms with Crippen molar-refractivity contribution in [1.29, 1.82) is 0 Å². The number of ether oxygens (including phenoxy) is 1. The molecule has 0 N–H and O–H groups in total. The van der Waals surface area contributed by atoms with Crippen LogP contribution in [-0.4, -0.2) is 36.1 Å². The number of furan rings is 1. The Labute approximate surface area is 152 Å². The maximum atomic E-state index is 13.3. The molecule has 2 heterocycles. The van der Waals surface area contributed by atoms with Crippen molar-refractivity contribution < 1.29 is 18.7 Å². The molecule has 6 nitrogen and oxygen atoms in total. The van der Waals surface area contributed by atoms with Gasteiger partial charge in [-0.15, -0.1) is 0 Å². The van der Waals surface area contributed by atoms with Gasteiger partial charge in [0.1, 0.15) is 12.4 Å². The maximum absolute atomic E-state index is 13.3. The van der Waals surface area contributed by atoms with E-state index in [4.69, 9.17) is 9.15 Å². The molecule has 2 amide bonds. The molecule has 1 aromatic carbocycles. The quantitative estimate of drug-likeness (QED) is 0.819. The highest BCUT2D eigenvalue weighted by Gasteiger charge is 2.29. The first-order chi connectivity index (χ1) is 12.7. The highest BCUT2D eigenvalue weighted by atomic mass is 16.6. The minimum atomic E-state index is -0.363. The van der Waals surface area contributed by atoms with Crippen LogP contribution in [0.3, 0.4) is 0 Å². The summed E-state index contributed by atoms with van der Waals surface area (Å²) in [7, 11) is 0. The molecule has 0 radical (unpaired) electrons. The molecule has 0 spiro atoms. The fraction of sp³-hybridized carbons (Fsp3) is 0.400. The van der Waals surface area contributed by atoms with Gasteiger partial charge in [-0.25, -0.2) is 4.79 Å². The van der Waals surface area contributed by atoms with Crippen molar-refractivity contribution in [1.82, 2.24) is 4.90 Å². The molecule has 2 aromatic rings. The molecule has 2 aliphatic rings. The van der Waals surface area contributed by atoms with Crippen LogP contribution < -0.4 is 4.90 Å². The lowest BCUT2D eigenvalue weighted by atomic mass is 10.1. The number of hydrogen-bond acceptors (Lipinski definition) is 4. The second kappa shape index (κ2) is 7.23. The third-order valence-electron chi connectivity index (χ3n) is 5.10. The second-order valence-electron chi connectivity index (χ2n) is 6.77. The molecule has 136 valence electrons. The van der Waals surface area contributed by atoms with Crippen LogP contribution in [-0.2, 0) is 11.3 Å². The lowest BCUT2D eigenvalue weighted by Crippen LogP contribution is -2.38. The van der Waals surface area contributed by atoms with Crippen molar-refractivity contribution in [2.45, 2.75) is 38.3 Å². The molecular weight excluding hydrogens is 332 g/mol. The first-order valence-electron chi connectivity index (χ1n) is 9.10. The average Bonchev–Trinajstić information content (AvgIpc) is 3.41. The Bertz CT molecular complexity index is 781. The standard InChI is InChI=1S/C20H22N2O4/c23-19(15-5-3-8-17(13-15)21-10-12-26-20(21)24)22(16-6-1-2-7-16)14-18-9-4-11-25-18/h3-5,8-9,11,13,16H,1-2,6-7,10,12,14H2. The number of carbonyl (C=O) groups is 2. The Balaban J connectivity index is 1.59. The van der Waals surface area contributed by atoms with Gasteiger partial charge < -0.3 is 14.1 Å². The predicted molar refractivity (Wildman–Crippen MR) is 96.0 cm³/mol. The van der Waals surface area contributed by atoms with Gasteiger partial charge in [-0.05, 0) is 43.2 Å². The predicted octanol–water partition coefficient (Wildman–Crippen LogP) is 3.82. The highest BCUT2D eigenvalue weighted by molar-refractivity contribution is 5.97. The third-order valence-corrected chi connectivity index (χ3v) is 5.10. The number of hydrogen-bond donors (Lipinski definition) is 0. The summed E-state index contributed by atoms with van der Waals surface area (Å²) >= 11 is 0. The van der Waals surface area contributed by atoms with E-state index in [0.29, 0.717) is 30.9 Å². The zero-order chi connectivity index (χ0) is 17.9. The van der Waals surface area contributed by atoms with Crippen molar-refractivity contribution in [2.24, 2.45) is 0 Å². The first-order valence-corrected chi connectivity index (χ1v) is 9.10. The number of nitrogens with zero attached hydrogens (tertiary/aromatic N) is 2. The average molecular weight is 354 g/mol. The number of amides is 2.